The number of carbonyl (C=O) groups is 3. The van der Waals surface area contributed by atoms with Crippen LogP contribution in [0.25, 0.3) is 0 Å². The molecule has 0 aromatic carbocycles. The third kappa shape index (κ3) is 64.7. The minimum atomic E-state index is -0.766. The Hall–Kier alpha value is -2.11. The predicted octanol–water partition coefficient (Wildman–Crippen LogP) is 24.2. The second kappa shape index (κ2) is 67.4. The van der Waals surface area contributed by atoms with Gasteiger partial charge in [-0.05, 0) is 51.4 Å². The number of carbonyl (C=O) groups excluding carboxylic acids is 3. The first-order valence-electron chi connectivity index (χ1n) is 35.3. The predicted molar refractivity (Wildman–Crippen MR) is 340 cm³/mol. The molecule has 0 aromatic heterocycles. The lowest BCUT2D eigenvalue weighted by Gasteiger charge is -2.18. The van der Waals surface area contributed by atoms with E-state index in [1.165, 1.54) is 295 Å². The van der Waals surface area contributed by atoms with E-state index in [9.17, 15) is 14.4 Å². The van der Waals surface area contributed by atoms with Crippen molar-refractivity contribution in [2.45, 2.75) is 406 Å². The first kappa shape index (κ1) is 75.9. The van der Waals surface area contributed by atoms with Crippen LogP contribution < -0.4 is 0 Å². The van der Waals surface area contributed by atoms with Crippen LogP contribution in [0, 0.1) is 0 Å². The van der Waals surface area contributed by atoms with E-state index in [-0.39, 0.29) is 31.1 Å². The Kier molecular flexibility index (Phi) is 65.6. The molecular formula is C72H136O6. The third-order valence-corrected chi connectivity index (χ3v) is 16.2. The first-order chi connectivity index (χ1) is 38.5. The third-order valence-electron chi connectivity index (χ3n) is 16.2. The Bertz CT molecular complexity index is 1260. The molecule has 0 bridgehead atoms. The number of ether oxygens (including phenoxy) is 3. The maximum absolute atomic E-state index is 12.9. The van der Waals surface area contributed by atoms with Gasteiger partial charge in [-0.3, -0.25) is 14.4 Å². The monoisotopic (exact) mass is 1100 g/mol. The second-order valence-electron chi connectivity index (χ2n) is 24.2. The topological polar surface area (TPSA) is 78.9 Å². The molecule has 0 heterocycles. The summed E-state index contributed by atoms with van der Waals surface area (Å²) in [6.07, 6.45) is 82.1. The van der Waals surface area contributed by atoms with E-state index in [1.807, 2.05) is 0 Å². The molecule has 0 aromatic rings. The fourth-order valence-corrected chi connectivity index (χ4v) is 10.9. The molecule has 0 aliphatic carbocycles. The lowest BCUT2D eigenvalue weighted by atomic mass is 10.0. The van der Waals surface area contributed by atoms with Crippen LogP contribution in [0.1, 0.15) is 400 Å². The summed E-state index contributed by atoms with van der Waals surface area (Å²) in [7, 11) is 0. The summed E-state index contributed by atoms with van der Waals surface area (Å²) in [4.78, 5) is 38.4. The minimum absolute atomic E-state index is 0.0633. The van der Waals surface area contributed by atoms with Gasteiger partial charge in [0.1, 0.15) is 13.2 Å². The molecule has 0 aliphatic rings. The molecule has 0 rings (SSSR count). The van der Waals surface area contributed by atoms with Gasteiger partial charge >= 0.3 is 17.9 Å². The Balaban J connectivity index is 4.16. The number of rotatable bonds is 66. The van der Waals surface area contributed by atoms with Gasteiger partial charge in [-0.2, -0.15) is 0 Å². The molecule has 78 heavy (non-hydrogen) atoms. The van der Waals surface area contributed by atoms with Crippen molar-refractivity contribution < 1.29 is 28.6 Å². The molecule has 460 valence electrons. The van der Waals surface area contributed by atoms with Crippen molar-refractivity contribution >= 4 is 17.9 Å². The van der Waals surface area contributed by atoms with Gasteiger partial charge in [0.15, 0.2) is 6.10 Å². The molecule has 0 spiro atoms. The van der Waals surface area contributed by atoms with Gasteiger partial charge < -0.3 is 14.2 Å². The maximum Gasteiger partial charge on any atom is 0.306 e. The standard InChI is InChI=1S/C72H136O6/c1-4-7-10-13-16-19-22-25-27-29-31-32-33-34-35-36-37-38-39-40-41-43-44-47-50-53-56-59-62-65-71(74)77-68-69(67-76-70(73)64-61-58-55-52-49-46-24-21-18-15-12-9-6-3)78-72(75)66-63-60-57-54-51-48-45-42-30-28-26-23-20-17-14-11-8-5-2/h22,25,29,31,69H,4-21,23-24,26-28,30,32-68H2,1-3H3/b25-22-,31-29-. The summed E-state index contributed by atoms with van der Waals surface area (Å²) in [5, 5.41) is 0. The van der Waals surface area contributed by atoms with Crippen LogP contribution in [0.2, 0.25) is 0 Å². The summed E-state index contributed by atoms with van der Waals surface area (Å²) >= 11 is 0. The van der Waals surface area contributed by atoms with Crippen LogP contribution in [-0.4, -0.2) is 37.2 Å². The van der Waals surface area contributed by atoms with Crippen molar-refractivity contribution in [1.82, 2.24) is 0 Å². The zero-order valence-corrected chi connectivity index (χ0v) is 53.0. The molecule has 0 saturated carbocycles. The van der Waals surface area contributed by atoms with Gasteiger partial charge in [0.25, 0.3) is 0 Å². The summed E-state index contributed by atoms with van der Waals surface area (Å²) in [6.45, 7) is 6.71. The second-order valence-corrected chi connectivity index (χ2v) is 24.2. The van der Waals surface area contributed by atoms with E-state index >= 15 is 0 Å². The summed E-state index contributed by atoms with van der Waals surface area (Å²) in [5.41, 5.74) is 0. The van der Waals surface area contributed by atoms with Crippen molar-refractivity contribution in [3.05, 3.63) is 24.3 Å². The van der Waals surface area contributed by atoms with Gasteiger partial charge in [0.2, 0.25) is 0 Å². The van der Waals surface area contributed by atoms with Gasteiger partial charge in [-0.25, -0.2) is 0 Å². The van der Waals surface area contributed by atoms with E-state index < -0.39 is 6.10 Å². The highest BCUT2D eigenvalue weighted by molar-refractivity contribution is 5.71. The SMILES string of the molecule is CCCCCCC/C=C\C/C=C\CCCCCCCCCCCCCCCCCCCC(=O)OCC(COC(=O)CCCCCCCCCCCCCCC)OC(=O)CCCCCCCCCCCCCCCCCCCC. The molecule has 1 unspecified atom stereocenters. The van der Waals surface area contributed by atoms with Gasteiger partial charge in [0, 0.05) is 19.3 Å². The smallest absolute Gasteiger partial charge is 0.306 e. The van der Waals surface area contributed by atoms with Crippen LogP contribution in [0.3, 0.4) is 0 Å². The maximum atomic E-state index is 12.9. The molecule has 6 nitrogen and oxygen atoms in total. The van der Waals surface area contributed by atoms with Crippen molar-refractivity contribution in [2.75, 3.05) is 13.2 Å². The number of hydrogen-bond acceptors (Lipinski definition) is 6. The quantitative estimate of drug-likeness (QED) is 0.0261. The number of hydrogen-bond donors (Lipinski definition) is 0. The average Bonchev–Trinajstić information content (AvgIpc) is 3.44. The van der Waals surface area contributed by atoms with Crippen LogP contribution in [0.15, 0.2) is 24.3 Å². The highest BCUT2D eigenvalue weighted by atomic mass is 16.6. The summed E-state index contributed by atoms with van der Waals surface area (Å²) in [5.74, 6) is -0.829. The Morgan fingerprint density at radius 3 is 0.705 bits per heavy atom. The van der Waals surface area contributed by atoms with Crippen LogP contribution in [-0.2, 0) is 28.6 Å². The van der Waals surface area contributed by atoms with E-state index in [4.69, 9.17) is 14.2 Å². The molecule has 0 aliphatic heterocycles. The molecule has 0 amide bonds. The molecular weight excluding hydrogens is 961 g/mol. The molecule has 0 radical (unpaired) electrons. The lowest BCUT2D eigenvalue weighted by molar-refractivity contribution is -0.167. The minimum Gasteiger partial charge on any atom is -0.462 e. The summed E-state index contributed by atoms with van der Waals surface area (Å²) < 4.78 is 17.0. The van der Waals surface area contributed by atoms with Crippen molar-refractivity contribution in [3.8, 4) is 0 Å². The Labute approximate surface area is 487 Å². The lowest BCUT2D eigenvalue weighted by Crippen LogP contribution is -2.30. The van der Waals surface area contributed by atoms with Crippen LogP contribution >= 0.6 is 0 Å². The van der Waals surface area contributed by atoms with Gasteiger partial charge in [0.05, 0.1) is 0 Å². The van der Waals surface area contributed by atoms with Crippen LogP contribution in [0.4, 0.5) is 0 Å². The first-order valence-corrected chi connectivity index (χ1v) is 35.3. The number of allylic oxidation sites excluding steroid dienone is 4. The highest BCUT2D eigenvalue weighted by Gasteiger charge is 2.19. The summed E-state index contributed by atoms with van der Waals surface area (Å²) in [6, 6.07) is 0. The Morgan fingerprint density at radius 2 is 0.462 bits per heavy atom. The van der Waals surface area contributed by atoms with Crippen LogP contribution in [0.5, 0.6) is 0 Å². The zero-order chi connectivity index (χ0) is 56.4. The fraction of sp³-hybridized carbons (Fsp3) is 0.903. The van der Waals surface area contributed by atoms with E-state index in [1.54, 1.807) is 0 Å². The van der Waals surface area contributed by atoms with E-state index in [2.05, 4.69) is 45.1 Å². The largest absolute Gasteiger partial charge is 0.462 e. The van der Waals surface area contributed by atoms with E-state index in [0.717, 1.165) is 64.2 Å². The van der Waals surface area contributed by atoms with Crippen molar-refractivity contribution in [1.29, 1.82) is 0 Å². The number of esters is 3. The molecule has 0 fully saturated rings. The normalized spacial score (nSPS) is 12.1. The molecule has 0 N–H and O–H groups in total. The fourth-order valence-electron chi connectivity index (χ4n) is 10.9. The molecule has 1 atom stereocenters. The number of unbranched alkanes of at least 4 members (excludes halogenated alkanes) is 51. The highest BCUT2D eigenvalue weighted by Crippen LogP contribution is 2.19. The van der Waals surface area contributed by atoms with Crippen molar-refractivity contribution in [3.63, 3.8) is 0 Å². The van der Waals surface area contributed by atoms with E-state index in [0.29, 0.717) is 19.3 Å². The van der Waals surface area contributed by atoms with Gasteiger partial charge in [-0.15, -0.1) is 0 Å². The molecule has 6 heteroatoms. The molecule has 0 saturated heterocycles. The van der Waals surface area contributed by atoms with Gasteiger partial charge in [-0.1, -0.05) is 353 Å². The average molecular weight is 1100 g/mol. The Morgan fingerprint density at radius 1 is 0.256 bits per heavy atom. The van der Waals surface area contributed by atoms with Crippen molar-refractivity contribution in [2.24, 2.45) is 0 Å². The zero-order valence-electron chi connectivity index (χ0n) is 53.0.